The van der Waals surface area contributed by atoms with Crippen molar-refractivity contribution in [3.05, 3.63) is 40.3 Å². The van der Waals surface area contributed by atoms with Gasteiger partial charge in [-0.1, -0.05) is 13.0 Å². The lowest BCUT2D eigenvalue weighted by Gasteiger charge is -2.17. The molecule has 0 aliphatic rings. The summed E-state index contributed by atoms with van der Waals surface area (Å²) in [4.78, 5) is 30.6. The highest BCUT2D eigenvalue weighted by Gasteiger charge is 2.22. The number of fused-ring (bicyclic) bond motifs is 1. The molecule has 3 aromatic rings. The Morgan fingerprint density at radius 3 is 2.59 bits per heavy atom. The third-order valence-electron chi connectivity index (χ3n) is 4.86. The van der Waals surface area contributed by atoms with Crippen LogP contribution >= 0.6 is 11.3 Å². The van der Waals surface area contributed by atoms with E-state index in [1.54, 1.807) is 27.2 Å². The maximum Gasteiger partial charge on any atom is 0.329 e. The zero-order valence-corrected chi connectivity index (χ0v) is 17.9. The van der Waals surface area contributed by atoms with Crippen molar-refractivity contribution in [2.45, 2.75) is 39.3 Å². The maximum atomic E-state index is 13.2. The van der Waals surface area contributed by atoms with Crippen molar-refractivity contribution in [3.63, 3.8) is 0 Å². The summed E-state index contributed by atoms with van der Waals surface area (Å²) in [6, 6.07) is 4.70. The predicted molar refractivity (Wildman–Crippen MR) is 113 cm³/mol. The number of methoxy groups -OCH3 is 2. The first-order chi connectivity index (χ1) is 13.9. The van der Waals surface area contributed by atoms with Gasteiger partial charge in [-0.05, 0) is 38.0 Å². The van der Waals surface area contributed by atoms with Crippen LogP contribution < -0.4 is 15.0 Å². The van der Waals surface area contributed by atoms with Crippen molar-refractivity contribution in [1.29, 1.82) is 0 Å². The van der Waals surface area contributed by atoms with Crippen LogP contribution in [0.1, 0.15) is 33.2 Å². The monoisotopic (exact) mass is 416 g/mol. The molecule has 0 aliphatic carbocycles. The highest BCUT2D eigenvalue weighted by atomic mass is 32.1. The number of thiophene rings is 1. The van der Waals surface area contributed by atoms with E-state index in [0.29, 0.717) is 28.1 Å². The molecule has 0 saturated carbocycles. The Morgan fingerprint density at radius 1 is 1.21 bits per heavy atom. The van der Waals surface area contributed by atoms with E-state index in [1.807, 2.05) is 31.4 Å². The van der Waals surface area contributed by atoms with Gasteiger partial charge in [0, 0.05) is 10.9 Å². The number of hydrogen-bond donors (Lipinski definition) is 0. The SMILES string of the molecule is CCC(C)OC(=O)C(C)n1cnc2scc(-c3ccc(OC)c(OC)c3)c2c1=O. The van der Waals surface area contributed by atoms with Crippen LogP contribution in [0.2, 0.25) is 0 Å². The van der Waals surface area contributed by atoms with Crippen molar-refractivity contribution < 1.29 is 19.0 Å². The topological polar surface area (TPSA) is 79.7 Å². The molecule has 2 heterocycles. The standard InChI is InChI=1S/C21H24N2O5S/c1-6-12(2)28-21(25)13(3)23-11-22-19-18(20(23)24)15(10-29-19)14-7-8-16(26-4)17(9-14)27-5/h7-13H,6H2,1-5H3. The highest BCUT2D eigenvalue weighted by molar-refractivity contribution is 7.17. The molecule has 8 heteroatoms. The fraction of sp³-hybridized carbons (Fsp3) is 0.381. The van der Waals surface area contributed by atoms with Crippen LogP contribution in [0.3, 0.4) is 0 Å². The summed E-state index contributed by atoms with van der Waals surface area (Å²) < 4.78 is 17.4. The molecule has 0 radical (unpaired) electrons. The minimum absolute atomic E-state index is 0.208. The molecule has 2 aromatic heterocycles. The lowest BCUT2D eigenvalue weighted by atomic mass is 10.1. The second-order valence-electron chi connectivity index (χ2n) is 6.69. The van der Waals surface area contributed by atoms with Gasteiger partial charge in [-0.25, -0.2) is 9.78 Å². The van der Waals surface area contributed by atoms with Gasteiger partial charge >= 0.3 is 5.97 Å². The fourth-order valence-electron chi connectivity index (χ4n) is 2.93. The molecule has 7 nitrogen and oxygen atoms in total. The van der Waals surface area contributed by atoms with E-state index >= 15 is 0 Å². The van der Waals surface area contributed by atoms with E-state index in [9.17, 15) is 9.59 Å². The lowest BCUT2D eigenvalue weighted by Crippen LogP contribution is -2.31. The maximum absolute atomic E-state index is 13.2. The van der Waals surface area contributed by atoms with Gasteiger partial charge in [0.05, 0.1) is 32.0 Å². The summed E-state index contributed by atoms with van der Waals surface area (Å²) in [5.41, 5.74) is 1.26. The van der Waals surface area contributed by atoms with Crippen LogP contribution in [0.25, 0.3) is 21.3 Å². The van der Waals surface area contributed by atoms with E-state index in [4.69, 9.17) is 14.2 Å². The van der Waals surface area contributed by atoms with Gasteiger partial charge in [-0.2, -0.15) is 0 Å². The van der Waals surface area contributed by atoms with E-state index in [2.05, 4.69) is 4.98 Å². The van der Waals surface area contributed by atoms with E-state index < -0.39 is 12.0 Å². The van der Waals surface area contributed by atoms with E-state index in [1.165, 1.54) is 22.2 Å². The average molecular weight is 416 g/mol. The van der Waals surface area contributed by atoms with Crippen molar-refractivity contribution in [3.8, 4) is 22.6 Å². The number of ether oxygens (including phenoxy) is 3. The number of aromatic nitrogens is 2. The molecule has 1 aromatic carbocycles. The first-order valence-corrected chi connectivity index (χ1v) is 10.2. The Bertz CT molecular complexity index is 1090. The van der Waals surface area contributed by atoms with Crippen LogP contribution in [-0.4, -0.2) is 35.8 Å². The Labute approximate surface area is 172 Å². The normalized spacial score (nSPS) is 13.1. The Kier molecular flexibility index (Phi) is 6.22. The van der Waals surface area contributed by atoms with E-state index in [-0.39, 0.29) is 11.7 Å². The molecule has 154 valence electrons. The molecule has 0 bridgehead atoms. The highest BCUT2D eigenvalue weighted by Crippen LogP contribution is 2.36. The first-order valence-electron chi connectivity index (χ1n) is 9.32. The molecule has 0 aliphatic heterocycles. The number of carbonyl (C=O) groups is 1. The quantitative estimate of drug-likeness (QED) is 0.541. The zero-order chi connectivity index (χ0) is 21.1. The molecule has 0 saturated heterocycles. The number of nitrogens with zero attached hydrogens (tertiary/aromatic N) is 2. The summed E-state index contributed by atoms with van der Waals surface area (Å²) in [7, 11) is 3.13. The summed E-state index contributed by atoms with van der Waals surface area (Å²) >= 11 is 1.38. The number of esters is 1. The molecule has 2 unspecified atom stereocenters. The number of benzene rings is 1. The minimum atomic E-state index is -0.772. The van der Waals surface area contributed by atoms with Crippen LogP contribution in [0, 0.1) is 0 Å². The van der Waals surface area contributed by atoms with Crippen molar-refractivity contribution in [1.82, 2.24) is 9.55 Å². The number of carbonyl (C=O) groups excluding carboxylic acids is 1. The zero-order valence-electron chi connectivity index (χ0n) is 17.1. The average Bonchev–Trinajstić information content (AvgIpc) is 3.17. The number of hydrogen-bond acceptors (Lipinski definition) is 7. The van der Waals surface area contributed by atoms with Crippen LogP contribution in [-0.2, 0) is 9.53 Å². The molecule has 3 rings (SSSR count). The summed E-state index contributed by atoms with van der Waals surface area (Å²) in [6.07, 6.45) is 1.90. The Morgan fingerprint density at radius 2 is 1.93 bits per heavy atom. The lowest BCUT2D eigenvalue weighted by molar-refractivity contribution is -0.152. The largest absolute Gasteiger partial charge is 0.493 e. The molecule has 0 spiro atoms. The van der Waals surface area contributed by atoms with Gasteiger partial charge in [-0.3, -0.25) is 9.36 Å². The smallest absolute Gasteiger partial charge is 0.329 e. The molecular formula is C21H24N2O5S. The molecular weight excluding hydrogens is 392 g/mol. The molecule has 0 N–H and O–H groups in total. The van der Waals surface area contributed by atoms with Gasteiger partial charge < -0.3 is 14.2 Å². The predicted octanol–water partition coefficient (Wildman–Crippen LogP) is 4.04. The van der Waals surface area contributed by atoms with Crippen molar-refractivity contribution in [2.24, 2.45) is 0 Å². The third kappa shape index (κ3) is 3.98. The van der Waals surface area contributed by atoms with Crippen molar-refractivity contribution in [2.75, 3.05) is 14.2 Å². The van der Waals surface area contributed by atoms with Gasteiger partial charge in [0.15, 0.2) is 11.5 Å². The minimum Gasteiger partial charge on any atom is -0.493 e. The Hall–Kier alpha value is -2.87. The van der Waals surface area contributed by atoms with Crippen molar-refractivity contribution >= 4 is 27.5 Å². The Balaban J connectivity index is 2.08. The number of rotatable bonds is 7. The molecule has 0 fully saturated rings. The van der Waals surface area contributed by atoms with Gasteiger partial charge in [0.1, 0.15) is 10.9 Å². The molecule has 29 heavy (non-hydrogen) atoms. The van der Waals surface area contributed by atoms with Gasteiger partial charge in [0.25, 0.3) is 5.56 Å². The third-order valence-corrected chi connectivity index (χ3v) is 5.75. The second kappa shape index (κ2) is 8.65. The summed E-state index contributed by atoms with van der Waals surface area (Å²) in [6.45, 7) is 5.40. The summed E-state index contributed by atoms with van der Waals surface area (Å²) in [5.74, 6) is 0.720. The van der Waals surface area contributed by atoms with Crippen LogP contribution in [0.15, 0.2) is 34.7 Å². The van der Waals surface area contributed by atoms with Gasteiger partial charge in [0.2, 0.25) is 0 Å². The van der Waals surface area contributed by atoms with E-state index in [0.717, 1.165) is 11.1 Å². The first kappa shape index (κ1) is 20.9. The van der Waals surface area contributed by atoms with Crippen LogP contribution in [0.5, 0.6) is 11.5 Å². The second-order valence-corrected chi connectivity index (χ2v) is 7.55. The summed E-state index contributed by atoms with van der Waals surface area (Å²) in [5, 5.41) is 2.35. The van der Waals surface area contributed by atoms with Gasteiger partial charge in [-0.15, -0.1) is 11.3 Å². The molecule has 0 amide bonds. The fourth-order valence-corrected chi connectivity index (χ4v) is 3.84. The molecule has 2 atom stereocenters. The van der Waals surface area contributed by atoms with Crippen LogP contribution in [0.4, 0.5) is 0 Å².